The van der Waals surface area contributed by atoms with Gasteiger partial charge in [0.25, 0.3) is 0 Å². The van der Waals surface area contributed by atoms with E-state index in [4.69, 9.17) is 4.74 Å². The van der Waals surface area contributed by atoms with E-state index in [0.717, 1.165) is 17.0 Å². The van der Waals surface area contributed by atoms with Gasteiger partial charge >= 0.3 is 5.97 Å². The average molecular weight is 397 g/mol. The molecule has 1 aromatic heterocycles. The molecule has 2 rings (SSSR count). The molecule has 7 heteroatoms. The molecule has 1 aromatic carbocycles. The first-order valence-corrected chi connectivity index (χ1v) is 9.44. The largest absolute Gasteiger partial charge is 0.451 e. The Balaban J connectivity index is 1.98. The van der Waals surface area contributed by atoms with E-state index in [1.165, 1.54) is 13.0 Å². The SMILES string of the molecule is Cc1nn(C)c(C)c1/C=C/C(=O)O[C@@H](C)C(=O)c1ccc(NC(=O)C(C)C)cc1. The molecule has 1 amide bonds. The van der Waals surface area contributed by atoms with Crippen LogP contribution in [-0.4, -0.2) is 33.5 Å². The summed E-state index contributed by atoms with van der Waals surface area (Å²) in [5, 5.41) is 7.05. The third-order valence-corrected chi connectivity index (χ3v) is 4.57. The molecule has 0 unspecified atom stereocenters. The zero-order valence-electron chi connectivity index (χ0n) is 17.6. The molecule has 0 spiro atoms. The number of rotatable bonds is 7. The molecule has 0 bridgehead atoms. The van der Waals surface area contributed by atoms with Gasteiger partial charge in [0, 0.05) is 41.5 Å². The zero-order valence-corrected chi connectivity index (χ0v) is 17.6. The Morgan fingerprint density at radius 1 is 1.10 bits per heavy atom. The number of amides is 1. The maximum absolute atomic E-state index is 12.5. The number of hydrogen-bond acceptors (Lipinski definition) is 5. The van der Waals surface area contributed by atoms with Gasteiger partial charge in [-0.2, -0.15) is 5.10 Å². The third-order valence-electron chi connectivity index (χ3n) is 4.57. The normalized spacial score (nSPS) is 12.2. The fourth-order valence-corrected chi connectivity index (χ4v) is 2.69. The number of carbonyl (C=O) groups is 3. The van der Waals surface area contributed by atoms with E-state index in [0.29, 0.717) is 11.3 Å². The first-order valence-electron chi connectivity index (χ1n) is 9.44. The van der Waals surface area contributed by atoms with Crippen molar-refractivity contribution >= 4 is 29.4 Å². The molecule has 1 heterocycles. The van der Waals surface area contributed by atoms with Crippen LogP contribution in [0.3, 0.4) is 0 Å². The predicted molar refractivity (Wildman–Crippen MR) is 112 cm³/mol. The number of nitrogens with zero attached hydrogens (tertiary/aromatic N) is 2. The van der Waals surface area contributed by atoms with Gasteiger partial charge in [-0.15, -0.1) is 0 Å². The minimum Gasteiger partial charge on any atom is -0.451 e. The topological polar surface area (TPSA) is 90.3 Å². The summed E-state index contributed by atoms with van der Waals surface area (Å²) in [7, 11) is 1.83. The van der Waals surface area contributed by atoms with E-state index in [2.05, 4.69) is 10.4 Å². The Morgan fingerprint density at radius 3 is 2.24 bits per heavy atom. The highest BCUT2D eigenvalue weighted by molar-refractivity contribution is 6.01. The summed E-state index contributed by atoms with van der Waals surface area (Å²) < 4.78 is 6.96. The second-order valence-electron chi connectivity index (χ2n) is 7.21. The van der Waals surface area contributed by atoms with Crippen molar-refractivity contribution in [2.24, 2.45) is 13.0 Å². The summed E-state index contributed by atoms with van der Waals surface area (Å²) in [5.41, 5.74) is 3.59. The smallest absolute Gasteiger partial charge is 0.331 e. The zero-order chi connectivity index (χ0) is 21.7. The molecule has 7 nitrogen and oxygen atoms in total. The second-order valence-corrected chi connectivity index (χ2v) is 7.21. The van der Waals surface area contributed by atoms with E-state index >= 15 is 0 Å². The van der Waals surface area contributed by atoms with E-state index < -0.39 is 12.1 Å². The minimum absolute atomic E-state index is 0.0998. The van der Waals surface area contributed by atoms with Crippen LogP contribution in [0, 0.1) is 19.8 Å². The van der Waals surface area contributed by atoms with Crippen LogP contribution in [-0.2, 0) is 21.4 Å². The van der Waals surface area contributed by atoms with Crippen LogP contribution in [0.1, 0.15) is 48.1 Å². The summed E-state index contributed by atoms with van der Waals surface area (Å²) in [6.07, 6.45) is 2.01. The molecule has 0 fully saturated rings. The second kappa shape index (κ2) is 9.32. The quantitative estimate of drug-likeness (QED) is 0.439. The number of ether oxygens (including phenoxy) is 1. The molecule has 0 radical (unpaired) electrons. The van der Waals surface area contributed by atoms with Crippen molar-refractivity contribution in [1.82, 2.24) is 9.78 Å². The molecule has 0 saturated carbocycles. The van der Waals surface area contributed by atoms with Crippen molar-refractivity contribution in [3.8, 4) is 0 Å². The van der Waals surface area contributed by atoms with Gasteiger partial charge < -0.3 is 10.1 Å². The molecule has 1 N–H and O–H groups in total. The lowest BCUT2D eigenvalue weighted by molar-refractivity contribution is -0.140. The predicted octanol–water partition coefficient (Wildman–Crippen LogP) is 3.46. The van der Waals surface area contributed by atoms with Crippen LogP contribution < -0.4 is 5.32 Å². The fourth-order valence-electron chi connectivity index (χ4n) is 2.69. The Kier molecular flexibility index (Phi) is 7.09. The third kappa shape index (κ3) is 5.63. The number of carbonyl (C=O) groups excluding carboxylic acids is 3. The Bertz CT molecular complexity index is 940. The van der Waals surface area contributed by atoms with Crippen molar-refractivity contribution in [1.29, 1.82) is 0 Å². The summed E-state index contributed by atoms with van der Waals surface area (Å²) in [4.78, 5) is 36.3. The lowest BCUT2D eigenvalue weighted by atomic mass is 10.1. The molecule has 29 heavy (non-hydrogen) atoms. The highest BCUT2D eigenvalue weighted by Gasteiger charge is 2.19. The van der Waals surface area contributed by atoms with E-state index in [-0.39, 0.29) is 17.6 Å². The number of aromatic nitrogens is 2. The summed E-state index contributed by atoms with van der Waals surface area (Å²) in [5.74, 6) is -1.16. The monoisotopic (exact) mass is 397 g/mol. The van der Waals surface area contributed by atoms with E-state index in [1.807, 2.05) is 20.9 Å². The summed E-state index contributed by atoms with van der Waals surface area (Å²) in [6.45, 7) is 8.90. The van der Waals surface area contributed by atoms with Gasteiger partial charge in [0.05, 0.1) is 5.69 Å². The van der Waals surface area contributed by atoms with Crippen LogP contribution >= 0.6 is 0 Å². The maximum atomic E-state index is 12.5. The molecule has 1 atom stereocenters. The van der Waals surface area contributed by atoms with Gasteiger partial charge in [0.15, 0.2) is 6.10 Å². The first kappa shape index (κ1) is 22.1. The molecular weight excluding hydrogens is 370 g/mol. The van der Waals surface area contributed by atoms with Gasteiger partial charge in [-0.05, 0) is 51.1 Å². The lowest BCUT2D eigenvalue weighted by Gasteiger charge is -2.12. The number of esters is 1. The van der Waals surface area contributed by atoms with Crippen molar-refractivity contribution in [3.05, 3.63) is 52.9 Å². The Hall–Kier alpha value is -3.22. The van der Waals surface area contributed by atoms with Crippen molar-refractivity contribution in [2.45, 2.75) is 40.7 Å². The molecular formula is C22H27N3O4. The van der Waals surface area contributed by atoms with E-state index in [9.17, 15) is 14.4 Å². The average Bonchev–Trinajstić information content (AvgIpc) is 2.91. The molecule has 154 valence electrons. The highest BCUT2D eigenvalue weighted by Crippen LogP contribution is 2.15. The van der Waals surface area contributed by atoms with Crippen LogP contribution in [0.2, 0.25) is 0 Å². The van der Waals surface area contributed by atoms with Crippen LogP contribution in [0.25, 0.3) is 6.08 Å². The van der Waals surface area contributed by atoms with Gasteiger partial charge in [0.1, 0.15) is 0 Å². The fraction of sp³-hybridized carbons (Fsp3) is 0.364. The molecule has 0 aliphatic carbocycles. The molecule has 0 aliphatic rings. The van der Waals surface area contributed by atoms with Gasteiger partial charge in [-0.1, -0.05) is 13.8 Å². The number of nitrogens with one attached hydrogen (secondary N) is 1. The number of benzene rings is 1. The standard InChI is InChI=1S/C22H27N3O4/c1-13(2)22(28)23-18-9-7-17(8-10-18)21(27)16(5)29-20(26)12-11-19-14(3)24-25(6)15(19)4/h7-13,16H,1-6H3,(H,23,28)/b12-11+/t16-/m0/s1. The van der Waals surface area contributed by atoms with Crippen LogP contribution in [0.4, 0.5) is 5.69 Å². The van der Waals surface area contributed by atoms with Gasteiger partial charge in [-0.25, -0.2) is 4.79 Å². The number of anilines is 1. The highest BCUT2D eigenvalue weighted by atomic mass is 16.5. The van der Waals surface area contributed by atoms with Crippen LogP contribution in [0.5, 0.6) is 0 Å². The maximum Gasteiger partial charge on any atom is 0.331 e. The number of ketones is 1. The molecule has 2 aromatic rings. The number of hydrogen-bond donors (Lipinski definition) is 1. The van der Waals surface area contributed by atoms with Gasteiger partial charge in [0.2, 0.25) is 11.7 Å². The minimum atomic E-state index is -0.931. The Labute approximate surface area is 170 Å². The summed E-state index contributed by atoms with van der Waals surface area (Å²) in [6, 6.07) is 6.49. The molecule has 0 aliphatic heterocycles. The molecule has 0 saturated heterocycles. The van der Waals surface area contributed by atoms with Gasteiger partial charge in [-0.3, -0.25) is 14.3 Å². The number of Topliss-reactive ketones (excluding diaryl/α,β-unsaturated/α-hetero) is 1. The first-order chi connectivity index (χ1) is 13.6. The Morgan fingerprint density at radius 2 is 1.72 bits per heavy atom. The van der Waals surface area contributed by atoms with E-state index in [1.54, 1.807) is 48.9 Å². The van der Waals surface area contributed by atoms with Crippen molar-refractivity contribution in [2.75, 3.05) is 5.32 Å². The van der Waals surface area contributed by atoms with Crippen molar-refractivity contribution < 1.29 is 19.1 Å². The summed E-state index contributed by atoms with van der Waals surface area (Å²) >= 11 is 0. The lowest BCUT2D eigenvalue weighted by Crippen LogP contribution is -2.23. The van der Waals surface area contributed by atoms with Crippen molar-refractivity contribution in [3.63, 3.8) is 0 Å². The number of aryl methyl sites for hydroxylation is 2. The van der Waals surface area contributed by atoms with Crippen LogP contribution in [0.15, 0.2) is 30.3 Å².